The zero-order chi connectivity index (χ0) is 15.6. The Bertz CT molecular complexity index is 516. The first-order valence-electron chi connectivity index (χ1n) is 7.46. The molecule has 2 atom stereocenters. The molecule has 2 heterocycles. The van der Waals surface area contributed by atoms with Gasteiger partial charge in [-0.15, -0.1) is 0 Å². The number of aromatic nitrogens is 2. The third kappa shape index (κ3) is 3.32. The Labute approximate surface area is 125 Å². The number of hydrogen-bond donors (Lipinski definition) is 2. The van der Waals surface area contributed by atoms with Gasteiger partial charge in [-0.05, 0) is 13.3 Å². The first-order chi connectivity index (χ1) is 9.93. The lowest BCUT2D eigenvalue weighted by Gasteiger charge is -2.19. The molecule has 0 spiro atoms. The number of anilines is 1. The van der Waals surface area contributed by atoms with Crippen molar-refractivity contribution in [1.82, 2.24) is 14.9 Å². The SMILES string of the molecule is CNc1cnc(C(C)C)nc1C(=O)N1CCC(C(C)O)C1. The number of carbonyl (C=O) groups is 1. The summed E-state index contributed by atoms with van der Waals surface area (Å²) in [5.41, 5.74) is 1.06. The first-order valence-corrected chi connectivity index (χ1v) is 7.46. The van der Waals surface area contributed by atoms with E-state index in [1.807, 2.05) is 13.8 Å². The lowest BCUT2D eigenvalue weighted by molar-refractivity contribution is 0.0757. The van der Waals surface area contributed by atoms with E-state index in [0.717, 1.165) is 6.42 Å². The van der Waals surface area contributed by atoms with Crippen LogP contribution in [0.2, 0.25) is 0 Å². The molecule has 1 aromatic rings. The smallest absolute Gasteiger partial charge is 0.274 e. The van der Waals surface area contributed by atoms with Crippen LogP contribution in [-0.2, 0) is 0 Å². The van der Waals surface area contributed by atoms with Gasteiger partial charge in [-0.25, -0.2) is 9.97 Å². The minimum atomic E-state index is -0.386. The van der Waals surface area contributed by atoms with E-state index < -0.39 is 0 Å². The summed E-state index contributed by atoms with van der Waals surface area (Å²) >= 11 is 0. The van der Waals surface area contributed by atoms with Crippen LogP contribution in [-0.4, -0.2) is 52.1 Å². The summed E-state index contributed by atoms with van der Waals surface area (Å²) in [5, 5.41) is 12.6. The number of nitrogens with one attached hydrogen (secondary N) is 1. The van der Waals surface area contributed by atoms with Gasteiger partial charge < -0.3 is 15.3 Å². The van der Waals surface area contributed by atoms with Gasteiger partial charge >= 0.3 is 0 Å². The monoisotopic (exact) mass is 292 g/mol. The summed E-state index contributed by atoms with van der Waals surface area (Å²) in [5.74, 6) is 0.903. The number of nitrogens with zero attached hydrogens (tertiary/aromatic N) is 3. The van der Waals surface area contributed by atoms with E-state index >= 15 is 0 Å². The highest BCUT2D eigenvalue weighted by Crippen LogP contribution is 2.24. The van der Waals surface area contributed by atoms with Crippen molar-refractivity contribution in [3.63, 3.8) is 0 Å². The standard InChI is InChI=1S/C15H24N4O2/c1-9(2)14-17-7-12(16-4)13(18-14)15(21)19-6-5-11(8-19)10(3)20/h7,9-11,16,20H,5-6,8H2,1-4H3. The zero-order valence-electron chi connectivity index (χ0n) is 13.1. The summed E-state index contributed by atoms with van der Waals surface area (Å²) in [6.07, 6.45) is 2.11. The quantitative estimate of drug-likeness (QED) is 0.879. The van der Waals surface area contributed by atoms with E-state index in [4.69, 9.17) is 0 Å². The topological polar surface area (TPSA) is 78.4 Å². The van der Waals surface area contributed by atoms with E-state index in [9.17, 15) is 9.90 Å². The third-order valence-electron chi connectivity index (χ3n) is 3.99. The Kier molecular flexibility index (Phi) is 4.77. The first kappa shape index (κ1) is 15.7. The number of hydrogen-bond acceptors (Lipinski definition) is 5. The van der Waals surface area contributed by atoms with Gasteiger partial charge in [0.05, 0.1) is 18.0 Å². The van der Waals surface area contributed by atoms with E-state index in [1.165, 1.54) is 0 Å². The molecule has 0 bridgehead atoms. The molecule has 1 fully saturated rings. The molecule has 1 aliphatic heterocycles. The molecule has 2 rings (SSSR count). The maximum Gasteiger partial charge on any atom is 0.274 e. The van der Waals surface area contributed by atoms with Crippen molar-refractivity contribution in [3.8, 4) is 0 Å². The normalized spacial score (nSPS) is 19.9. The maximum absolute atomic E-state index is 12.7. The molecular formula is C15H24N4O2. The number of aliphatic hydroxyl groups is 1. The van der Waals surface area contributed by atoms with Gasteiger partial charge in [0, 0.05) is 32.0 Å². The summed E-state index contributed by atoms with van der Waals surface area (Å²) < 4.78 is 0. The van der Waals surface area contributed by atoms with E-state index in [1.54, 1.807) is 25.1 Å². The molecule has 6 heteroatoms. The van der Waals surface area contributed by atoms with Crippen LogP contribution >= 0.6 is 0 Å². The van der Waals surface area contributed by atoms with Gasteiger partial charge in [-0.2, -0.15) is 0 Å². The van der Waals surface area contributed by atoms with Crippen LogP contribution in [0.5, 0.6) is 0 Å². The highest BCUT2D eigenvalue weighted by Gasteiger charge is 2.31. The van der Waals surface area contributed by atoms with Crippen LogP contribution in [0.4, 0.5) is 5.69 Å². The Morgan fingerprint density at radius 1 is 1.48 bits per heavy atom. The minimum absolute atomic E-state index is 0.0909. The molecule has 1 aliphatic rings. The van der Waals surface area contributed by atoms with Gasteiger partial charge in [-0.1, -0.05) is 13.8 Å². The summed E-state index contributed by atoms with van der Waals surface area (Å²) in [7, 11) is 1.76. The van der Waals surface area contributed by atoms with Crippen molar-refractivity contribution in [1.29, 1.82) is 0 Å². The van der Waals surface area contributed by atoms with Crippen LogP contribution in [0.15, 0.2) is 6.20 Å². The fourth-order valence-corrected chi connectivity index (χ4v) is 2.53. The second kappa shape index (κ2) is 6.39. The van der Waals surface area contributed by atoms with Crippen molar-refractivity contribution in [2.24, 2.45) is 5.92 Å². The molecule has 0 aliphatic carbocycles. The lowest BCUT2D eigenvalue weighted by Crippen LogP contribution is -2.32. The highest BCUT2D eigenvalue weighted by atomic mass is 16.3. The molecule has 116 valence electrons. The van der Waals surface area contributed by atoms with Crippen LogP contribution in [0.3, 0.4) is 0 Å². The number of carbonyl (C=O) groups excluding carboxylic acids is 1. The maximum atomic E-state index is 12.7. The lowest BCUT2D eigenvalue weighted by atomic mass is 10.0. The fourth-order valence-electron chi connectivity index (χ4n) is 2.53. The molecule has 0 radical (unpaired) electrons. The Hall–Kier alpha value is -1.69. The van der Waals surface area contributed by atoms with Crippen molar-refractivity contribution < 1.29 is 9.90 Å². The molecule has 6 nitrogen and oxygen atoms in total. The van der Waals surface area contributed by atoms with Crippen LogP contribution in [0.25, 0.3) is 0 Å². The van der Waals surface area contributed by atoms with Gasteiger partial charge in [0.15, 0.2) is 5.69 Å². The molecule has 0 aromatic carbocycles. The number of amides is 1. The number of aliphatic hydroxyl groups excluding tert-OH is 1. The summed E-state index contributed by atoms with van der Waals surface area (Å²) in [6, 6.07) is 0. The minimum Gasteiger partial charge on any atom is -0.393 e. The highest BCUT2D eigenvalue weighted by molar-refractivity contribution is 5.97. The van der Waals surface area contributed by atoms with Crippen LogP contribution in [0.1, 0.15) is 49.4 Å². The molecule has 1 aromatic heterocycles. The predicted molar refractivity (Wildman–Crippen MR) is 81.4 cm³/mol. The fraction of sp³-hybridized carbons (Fsp3) is 0.667. The van der Waals surface area contributed by atoms with Crippen molar-refractivity contribution in [2.45, 2.75) is 39.2 Å². The van der Waals surface area contributed by atoms with Gasteiger partial charge in [0.2, 0.25) is 0 Å². The zero-order valence-corrected chi connectivity index (χ0v) is 13.1. The molecule has 0 saturated carbocycles. The van der Waals surface area contributed by atoms with Gasteiger partial charge in [0.1, 0.15) is 5.82 Å². The van der Waals surface area contributed by atoms with Crippen molar-refractivity contribution in [3.05, 3.63) is 17.7 Å². The van der Waals surface area contributed by atoms with E-state index in [2.05, 4.69) is 15.3 Å². The second-order valence-electron chi connectivity index (χ2n) is 5.94. The average Bonchev–Trinajstić information content (AvgIpc) is 2.95. The average molecular weight is 292 g/mol. The molecule has 1 saturated heterocycles. The molecular weight excluding hydrogens is 268 g/mol. The van der Waals surface area contributed by atoms with Crippen LogP contribution in [0, 0.1) is 5.92 Å². The van der Waals surface area contributed by atoms with Crippen LogP contribution < -0.4 is 5.32 Å². The Morgan fingerprint density at radius 2 is 2.19 bits per heavy atom. The van der Waals surface area contributed by atoms with Crippen molar-refractivity contribution >= 4 is 11.6 Å². The molecule has 21 heavy (non-hydrogen) atoms. The molecule has 2 unspecified atom stereocenters. The van der Waals surface area contributed by atoms with Crippen molar-refractivity contribution in [2.75, 3.05) is 25.5 Å². The third-order valence-corrected chi connectivity index (χ3v) is 3.99. The Morgan fingerprint density at radius 3 is 2.71 bits per heavy atom. The summed E-state index contributed by atoms with van der Waals surface area (Å²) in [4.78, 5) is 23.2. The predicted octanol–water partition coefficient (Wildman–Crippen LogP) is 1.48. The number of rotatable bonds is 4. The largest absolute Gasteiger partial charge is 0.393 e. The summed E-state index contributed by atoms with van der Waals surface area (Å²) in [6.45, 7) is 7.03. The number of likely N-dealkylation sites (tertiary alicyclic amines) is 1. The van der Waals surface area contributed by atoms with E-state index in [-0.39, 0.29) is 23.8 Å². The second-order valence-corrected chi connectivity index (χ2v) is 5.94. The molecule has 2 N–H and O–H groups in total. The Balaban J connectivity index is 2.24. The molecule has 1 amide bonds. The van der Waals surface area contributed by atoms with E-state index in [0.29, 0.717) is 30.3 Å². The van der Waals surface area contributed by atoms with Gasteiger partial charge in [0.25, 0.3) is 5.91 Å². The van der Waals surface area contributed by atoms with Gasteiger partial charge in [-0.3, -0.25) is 4.79 Å².